The maximum absolute atomic E-state index is 6.05. The first-order chi connectivity index (χ1) is 9.20. The van der Waals surface area contributed by atoms with E-state index in [4.69, 9.17) is 11.6 Å². The highest BCUT2D eigenvalue weighted by Crippen LogP contribution is 2.20. The van der Waals surface area contributed by atoms with Crippen LogP contribution in [-0.2, 0) is 13.5 Å². The van der Waals surface area contributed by atoms with Crippen LogP contribution in [0.5, 0.6) is 0 Å². The van der Waals surface area contributed by atoms with Crippen LogP contribution in [0.4, 0.5) is 0 Å². The number of halogens is 1. The molecule has 1 N–H and O–H groups in total. The summed E-state index contributed by atoms with van der Waals surface area (Å²) in [6, 6.07) is 8.31. The van der Waals surface area contributed by atoms with Gasteiger partial charge in [0.2, 0.25) is 0 Å². The minimum atomic E-state index is 0.269. The molecule has 1 heterocycles. The van der Waals surface area contributed by atoms with Gasteiger partial charge in [0.25, 0.3) is 0 Å². The Labute approximate surface area is 119 Å². The van der Waals surface area contributed by atoms with Crippen LogP contribution in [-0.4, -0.2) is 16.1 Å². The molecular weight excluding hydrogens is 258 g/mol. The Kier molecular flexibility index (Phi) is 5.00. The van der Waals surface area contributed by atoms with Crippen molar-refractivity contribution in [1.82, 2.24) is 14.9 Å². The molecule has 0 fully saturated rings. The molecule has 0 radical (unpaired) electrons. The Bertz CT molecular complexity index is 522. The van der Waals surface area contributed by atoms with Crippen molar-refractivity contribution >= 4 is 11.6 Å². The fraction of sp³-hybridized carbons (Fsp3) is 0.400. The SMILES string of the molecule is CCCNC(Cc1cccc(Cl)c1)c1cncn1C. The standard InChI is InChI=1S/C15H20ClN3/c1-3-7-18-14(15-10-17-11-19(15)2)9-12-5-4-6-13(16)8-12/h4-6,8,10-11,14,18H,3,7,9H2,1-2H3. The number of benzene rings is 1. The van der Waals surface area contributed by atoms with E-state index in [2.05, 4.69) is 27.9 Å². The fourth-order valence-electron chi connectivity index (χ4n) is 2.20. The Balaban J connectivity index is 2.16. The van der Waals surface area contributed by atoms with Gasteiger partial charge in [-0.1, -0.05) is 30.7 Å². The highest BCUT2D eigenvalue weighted by molar-refractivity contribution is 6.30. The zero-order valence-corrected chi connectivity index (χ0v) is 12.2. The predicted molar refractivity (Wildman–Crippen MR) is 79.4 cm³/mol. The molecule has 0 aliphatic carbocycles. The first-order valence-corrected chi connectivity index (χ1v) is 7.02. The lowest BCUT2D eigenvalue weighted by Gasteiger charge is -2.19. The van der Waals surface area contributed by atoms with E-state index in [9.17, 15) is 0 Å². The normalized spacial score (nSPS) is 12.6. The van der Waals surface area contributed by atoms with E-state index in [0.717, 1.165) is 24.4 Å². The van der Waals surface area contributed by atoms with E-state index in [0.29, 0.717) is 0 Å². The van der Waals surface area contributed by atoms with Crippen LogP contribution in [0.3, 0.4) is 0 Å². The lowest BCUT2D eigenvalue weighted by Crippen LogP contribution is -2.25. The molecule has 102 valence electrons. The maximum Gasteiger partial charge on any atom is 0.0946 e. The van der Waals surface area contributed by atoms with Crippen LogP contribution >= 0.6 is 11.6 Å². The minimum Gasteiger partial charge on any atom is -0.336 e. The van der Waals surface area contributed by atoms with E-state index in [1.54, 1.807) is 0 Å². The summed E-state index contributed by atoms with van der Waals surface area (Å²) in [5.74, 6) is 0. The first-order valence-electron chi connectivity index (χ1n) is 6.64. The van der Waals surface area contributed by atoms with Crippen molar-refractivity contribution < 1.29 is 0 Å². The summed E-state index contributed by atoms with van der Waals surface area (Å²) in [5.41, 5.74) is 2.44. The van der Waals surface area contributed by atoms with Gasteiger partial charge in [-0.25, -0.2) is 4.98 Å². The molecule has 1 atom stereocenters. The van der Waals surface area contributed by atoms with Gasteiger partial charge in [-0.05, 0) is 37.1 Å². The predicted octanol–water partition coefficient (Wildman–Crippen LogP) is 3.36. The third-order valence-electron chi connectivity index (χ3n) is 3.18. The smallest absolute Gasteiger partial charge is 0.0946 e. The summed E-state index contributed by atoms with van der Waals surface area (Å²) in [7, 11) is 2.03. The molecule has 0 aliphatic rings. The van der Waals surface area contributed by atoms with Gasteiger partial charge in [0, 0.05) is 18.3 Å². The quantitative estimate of drug-likeness (QED) is 0.877. The van der Waals surface area contributed by atoms with Crippen molar-refractivity contribution in [1.29, 1.82) is 0 Å². The number of hydrogen-bond acceptors (Lipinski definition) is 2. The monoisotopic (exact) mass is 277 g/mol. The molecule has 19 heavy (non-hydrogen) atoms. The average molecular weight is 278 g/mol. The van der Waals surface area contributed by atoms with Crippen molar-refractivity contribution in [2.45, 2.75) is 25.8 Å². The number of nitrogens with zero attached hydrogens (tertiary/aromatic N) is 2. The number of aryl methyl sites for hydroxylation is 1. The lowest BCUT2D eigenvalue weighted by atomic mass is 10.0. The summed E-state index contributed by atoms with van der Waals surface area (Å²) in [5, 5.41) is 4.37. The summed E-state index contributed by atoms with van der Waals surface area (Å²) >= 11 is 6.05. The molecule has 0 spiro atoms. The van der Waals surface area contributed by atoms with Gasteiger partial charge >= 0.3 is 0 Å². The van der Waals surface area contributed by atoms with Crippen molar-refractivity contribution in [3.63, 3.8) is 0 Å². The van der Waals surface area contributed by atoms with Crippen LogP contribution in [0.2, 0.25) is 5.02 Å². The number of hydrogen-bond donors (Lipinski definition) is 1. The van der Waals surface area contributed by atoms with Gasteiger partial charge in [-0.15, -0.1) is 0 Å². The number of imidazole rings is 1. The van der Waals surface area contributed by atoms with Crippen LogP contribution < -0.4 is 5.32 Å². The summed E-state index contributed by atoms with van der Waals surface area (Å²) in [6.45, 7) is 3.17. The van der Waals surface area contributed by atoms with Gasteiger partial charge in [0.05, 0.1) is 18.1 Å². The molecular formula is C15H20ClN3. The molecule has 0 saturated carbocycles. The van der Waals surface area contributed by atoms with Gasteiger partial charge in [0.1, 0.15) is 0 Å². The largest absolute Gasteiger partial charge is 0.336 e. The molecule has 2 aromatic rings. The van der Waals surface area contributed by atoms with Gasteiger partial charge < -0.3 is 9.88 Å². The second-order valence-corrected chi connectivity index (χ2v) is 5.21. The lowest BCUT2D eigenvalue weighted by molar-refractivity contribution is 0.504. The molecule has 2 rings (SSSR count). The molecule has 0 aliphatic heterocycles. The summed E-state index contributed by atoms with van der Waals surface area (Å²) < 4.78 is 2.07. The first kappa shape index (κ1) is 14.1. The topological polar surface area (TPSA) is 29.9 Å². The fourth-order valence-corrected chi connectivity index (χ4v) is 2.42. The molecule has 4 heteroatoms. The summed E-state index contributed by atoms with van der Waals surface area (Å²) in [4.78, 5) is 4.21. The van der Waals surface area contributed by atoms with Gasteiger partial charge in [-0.2, -0.15) is 0 Å². The van der Waals surface area contributed by atoms with Crippen molar-refractivity contribution in [2.24, 2.45) is 7.05 Å². The van der Waals surface area contributed by atoms with Crippen molar-refractivity contribution in [3.05, 3.63) is 53.1 Å². The Morgan fingerprint density at radius 3 is 2.89 bits per heavy atom. The minimum absolute atomic E-state index is 0.269. The van der Waals surface area contributed by atoms with E-state index < -0.39 is 0 Å². The van der Waals surface area contributed by atoms with Crippen molar-refractivity contribution in [3.8, 4) is 0 Å². The van der Waals surface area contributed by atoms with Crippen LogP contribution in [0.25, 0.3) is 0 Å². The van der Waals surface area contributed by atoms with Crippen molar-refractivity contribution in [2.75, 3.05) is 6.54 Å². The van der Waals surface area contributed by atoms with E-state index >= 15 is 0 Å². The number of nitrogens with one attached hydrogen (secondary N) is 1. The molecule has 0 bridgehead atoms. The van der Waals surface area contributed by atoms with Crippen LogP contribution in [0, 0.1) is 0 Å². The Morgan fingerprint density at radius 1 is 1.42 bits per heavy atom. The second-order valence-electron chi connectivity index (χ2n) is 4.77. The third-order valence-corrected chi connectivity index (χ3v) is 3.42. The highest BCUT2D eigenvalue weighted by atomic mass is 35.5. The number of rotatable bonds is 6. The highest BCUT2D eigenvalue weighted by Gasteiger charge is 2.14. The Hall–Kier alpha value is -1.32. The molecule has 1 aromatic heterocycles. The molecule has 0 amide bonds. The molecule has 3 nitrogen and oxygen atoms in total. The van der Waals surface area contributed by atoms with Gasteiger partial charge in [0.15, 0.2) is 0 Å². The number of aromatic nitrogens is 2. The zero-order chi connectivity index (χ0) is 13.7. The third kappa shape index (κ3) is 3.82. The average Bonchev–Trinajstić information content (AvgIpc) is 2.81. The molecule has 1 unspecified atom stereocenters. The van der Waals surface area contributed by atoms with E-state index in [1.165, 1.54) is 11.3 Å². The zero-order valence-electron chi connectivity index (χ0n) is 11.4. The molecule has 1 aromatic carbocycles. The van der Waals surface area contributed by atoms with Gasteiger partial charge in [-0.3, -0.25) is 0 Å². The second kappa shape index (κ2) is 6.73. The van der Waals surface area contributed by atoms with E-state index in [1.807, 2.05) is 37.8 Å². The molecule has 0 saturated heterocycles. The van der Waals surface area contributed by atoms with Crippen LogP contribution in [0.1, 0.15) is 30.6 Å². The maximum atomic E-state index is 6.05. The summed E-state index contributed by atoms with van der Waals surface area (Å²) in [6.07, 6.45) is 5.80. The van der Waals surface area contributed by atoms with E-state index in [-0.39, 0.29) is 6.04 Å². The Morgan fingerprint density at radius 2 is 2.26 bits per heavy atom. The van der Waals surface area contributed by atoms with Crippen LogP contribution in [0.15, 0.2) is 36.8 Å².